The van der Waals surface area contributed by atoms with Gasteiger partial charge in [-0.2, -0.15) is 0 Å². The maximum atomic E-state index is 13.1. The van der Waals surface area contributed by atoms with E-state index in [9.17, 15) is 14.7 Å². The lowest BCUT2D eigenvalue weighted by Gasteiger charge is -2.40. The summed E-state index contributed by atoms with van der Waals surface area (Å²) in [4.78, 5) is 27.6. The molecule has 2 heterocycles. The molecule has 0 bridgehead atoms. The van der Waals surface area contributed by atoms with E-state index in [0.717, 1.165) is 16.7 Å². The van der Waals surface area contributed by atoms with Gasteiger partial charge < -0.3 is 28.5 Å². The Bertz CT molecular complexity index is 1760. The summed E-state index contributed by atoms with van der Waals surface area (Å²) in [5.41, 5.74) is 0.0784. The number of halogens is 1. The summed E-state index contributed by atoms with van der Waals surface area (Å²) in [5, 5.41) is 11.7. The summed E-state index contributed by atoms with van der Waals surface area (Å²) >= 11 is 3.23. The second-order valence-corrected chi connectivity index (χ2v) is 19.0. The van der Waals surface area contributed by atoms with Crippen LogP contribution in [0, 0.1) is 0 Å². The molecule has 0 aliphatic carbocycles. The van der Waals surface area contributed by atoms with Crippen LogP contribution in [0.15, 0.2) is 99.1 Å². The van der Waals surface area contributed by atoms with Crippen LogP contribution in [0.5, 0.6) is 11.5 Å². The molecule has 256 valence electrons. The number of aromatic amines is 1. The number of ether oxygens (including phenoxy) is 4. The average Bonchev–Trinajstić information content (AvgIpc) is 3.37. The molecule has 4 aromatic rings. The Morgan fingerprint density at radius 3 is 1.90 bits per heavy atom. The summed E-state index contributed by atoms with van der Waals surface area (Å²) in [6.07, 6.45) is -2.70. The molecule has 48 heavy (non-hydrogen) atoms. The van der Waals surface area contributed by atoms with Crippen LogP contribution < -0.4 is 20.7 Å². The number of methoxy groups -OCH3 is 2. The maximum Gasteiger partial charge on any atom is 0.330 e. The van der Waals surface area contributed by atoms with Gasteiger partial charge in [0.2, 0.25) is 0 Å². The number of hydrogen-bond acceptors (Lipinski definition) is 8. The number of nitrogens with one attached hydrogen (secondary N) is 1. The van der Waals surface area contributed by atoms with Crippen molar-refractivity contribution in [3.63, 3.8) is 0 Å². The average molecular weight is 740 g/mol. The molecule has 0 unspecified atom stereocenters. The summed E-state index contributed by atoms with van der Waals surface area (Å²) in [6, 6.07) is 25.1. The number of H-pyrrole nitrogens is 1. The number of benzene rings is 3. The predicted octanol–water partition coefficient (Wildman–Crippen LogP) is 5.97. The van der Waals surface area contributed by atoms with Gasteiger partial charge in [-0.1, -0.05) is 75.4 Å². The minimum Gasteiger partial charge on any atom is -0.497 e. The fraction of sp³-hybridized carbons (Fsp3) is 0.389. The van der Waals surface area contributed by atoms with Crippen molar-refractivity contribution in [3.05, 3.63) is 127 Å². The maximum absolute atomic E-state index is 13.1. The molecule has 0 saturated carbocycles. The highest BCUT2D eigenvalue weighted by atomic mass is 79.9. The summed E-state index contributed by atoms with van der Waals surface area (Å²) < 4.78 is 32.6. The molecule has 12 heteroatoms. The molecule has 0 amide bonds. The zero-order chi connectivity index (χ0) is 34.9. The quantitative estimate of drug-likeness (QED) is 0.143. The standard InChI is InChI=1S/C36H43BrN2O8Si/c1-35(2,3)48(6,7)47-31-30(40)29(46-33(31)39-21-28(37)32(41)38-34(39)42)22-45-36(23-11-9-8-10-12-23,24-13-17-26(43-4)18-14-24)25-15-19-27(44-5)20-16-25/h8-21,29-31,33,40H,22H2,1-7H3,(H,38,41,42)/t29-,30-,31-,33-/m1/s1. The Kier molecular flexibility index (Phi) is 10.5. The lowest BCUT2D eigenvalue weighted by atomic mass is 9.80. The van der Waals surface area contributed by atoms with Gasteiger partial charge in [-0.3, -0.25) is 14.3 Å². The molecule has 1 aromatic heterocycles. The van der Waals surface area contributed by atoms with Gasteiger partial charge in [0, 0.05) is 6.20 Å². The van der Waals surface area contributed by atoms with Crippen LogP contribution in [-0.2, 0) is 19.5 Å². The van der Waals surface area contributed by atoms with Crippen molar-refractivity contribution >= 4 is 24.2 Å². The van der Waals surface area contributed by atoms with Crippen LogP contribution in [0.25, 0.3) is 0 Å². The van der Waals surface area contributed by atoms with Gasteiger partial charge in [-0.05, 0) is 75.0 Å². The zero-order valence-electron chi connectivity index (χ0n) is 28.2. The van der Waals surface area contributed by atoms with Crippen molar-refractivity contribution in [2.24, 2.45) is 0 Å². The molecule has 0 radical (unpaired) electrons. The first kappa shape index (κ1) is 35.8. The molecule has 5 rings (SSSR count). The van der Waals surface area contributed by atoms with Crippen LogP contribution in [0.2, 0.25) is 18.1 Å². The van der Waals surface area contributed by atoms with Crippen LogP contribution in [0.3, 0.4) is 0 Å². The van der Waals surface area contributed by atoms with Crippen LogP contribution in [-0.4, -0.2) is 62.1 Å². The summed E-state index contributed by atoms with van der Waals surface area (Å²) in [7, 11) is 0.731. The van der Waals surface area contributed by atoms with Gasteiger partial charge in [0.05, 0.1) is 25.3 Å². The Hall–Kier alpha value is -3.52. The van der Waals surface area contributed by atoms with Gasteiger partial charge >= 0.3 is 5.69 Å². The number of nitrogens with zero attached hydrogens (tertiary/aromatic N) is 1. The molecule has 4 atom stereocenters. The molecule has 2 N–H and O–H groups in total. The SMILES string of the molecule is COc1ccc(C(OC[C@H]2O[C@@H](n3cc(Br)c(=O)[nH]c3=O)[C@H](O[Si](C)(C)C(C)(C)C)[C@@H]2O)(c2ccccc2)c2ccc(OC)cc2)cc1. The van der Waals surface area contributed by atoms with E-state index in [-0.39, 0.29) is 16.1 Å². The highest BCUT2D eigenvalue weighted by Gasteiger charge is 2.51. The van der Waals surface area contributed by atoms with Crippen molar-refractivity contribution in [1.82, 2.24) is 9.55 Å². The lowest BCUT2D eigenvalue weighted by Crippen LogP contribution is -2.50. The third-order valence-electron chi connectivity index (χ3n) is 9.39. The second-order valence-electron chi connectivity index (χ2n) is 13.4. The first-order valence-electron chi connectivity index (χ1n) is 15.7. The van der Waals surface area contributed by atoms with E-state index in [0.29, 0.717) is 11.5 Å². The van der Waals surface area contributed by atoms with Gasteiger partial charge in [-0.15, -0.1) is 0 Å². The Morgan fingerprint density at radius 2 is 1.40 bits per heavy atom. The van der Waals surface area contributed by atoms with Crippen molar-refractivity contribution in [2.75, 3.05) is 20.8 Å². The summed E-state index contributed by atoms with van der Waals surface area (Å²) in [6.45, 7) is 10.3. The van der Waals surface area contributed by atoms with Crippen molar-refractivity contribution < 1.29 is 28.5 Å². The van der Waals surface area contributed by atoms with E-state index >= 15 is 0 Å². The molecule has 1 aliphatic rings. The van der Waals surface area contributed by atoms with Crippen LogP contribution in [0.1, 0.15) is 43.7 Å². The van der Waals surface area contributed by atoms with E-state index in [1.165, 1.54) is 10.8 Å². The van der Waals surface area contributed by atoms with E-state index < -0.39 is 49.7 Å². The zero-order valence-corrected chi connectivity index (χ0v) is 30.8. The molecular formula is C36H43BrN2O8Si. The molecular weight excluding hydrogens is 696 g/mol. The van der Waals surface area contributed by atoms with E-state index in [1.54, 1.807) is 14.2 Å². The van der Waals surface area contributed by atoms with Gasteiger partial charge in [0.1, 0.15) is 35.4 Å². The van der Waals surface area contributed by atoms with Crippen molar-refractivity contribution in [2.45, 2.75) is 69.0 Å². The van der Waals surface area contributed by atoms with Gasteiger partial charge in [0.15, 0.2) is 14.5 Å². The molecule has 0 spiro atoms. The lowest BCUT2D eigenvalue weighted by molar-refractivity contribution is -0.0957. The normalized spacial score (nSPS) is 20.1. The number of hydrogen-bond donors (Lipinski definition) is 2. The molecule has 1 saturated heterocycles. The van der Waals surface area contributed by atoms with Gasteiger partial charge in [0.25, 0.3) is 5.56 Å². The molecule has 1 fully saturated rings. The number of aliphatic hydroxyl groups is 1. The summed E-state index contributed by atoms with van der Waals surface area (Å²) in [5.74, 6) is 1.38. The van der Waals surface area contributed by atoms with E-state index in [2.05, 4.69) is 54.8 Å². The Morgan fingerprint density at radius 1 is 0.875 bits per heavy atom. The highest BCUT2D eigenvalue weighted by Crippen LogP contribution is 2.45. The first-order valence-corrected chi connectivity index (χ1v) is 19.4. The number of aliphatic hydroxyl groups excluding tert-OH is 1. The topological polar surface area (TPSA) is 121 Å². The third-order valence-corrected chi connectivity index (χ3v) is 14.4. The van der Waals surface area contributed by atoms with Crippen molar-refractivity contribution in [3.8, 4) is 11.5 Å². The molecule has 1 aliphatic heterocycles. The second kappa shape index (κ2) is 14.1. The predicted molar refractivity (Wildman–Crippen MR) is 189 cm³/mol. The van der Waals surface area contributed by atoms with Crippen LogP contribution >= 0.6 is 15.9 Å². The van der Waals surface area contributed by atoms with E-state index in [4.69, 9.17) is 23.4 Å². The highest BCUT2D eigenvalue weighted by molar-refractivity contribution is 9.10. The minimum absolute atomic E-state index is 0.0821. The minimum atomic E-state index is -2.50. The third kappa shape index (κ3) is 6.96. The fourth-order valence-corrected chi connectivity index (χ4v) is 7.26. The monoisotopic (exact) mass is 738 g/mol. The molecule has 10 nitrogen and oxygen atoms in total. The Balaban J connectivity index is 1.60. The Labute approximate surface area is 289 Å². The number of rotatable bonds is 11. The largest absolute Gasteiger partial charge is 0.497 e. The fourth-order valence-electron chi connectivity index (χ4n) is 5.66. The number of aromatic nitrogens is 2. The van der Waals surface area contributed by atoms with Crippen LogP contribution in [0.4, 0.5) is 0 Å². The smallest absolute Gasteiger partial charge is 0.330 e. The molecule has 3 aromatic carbocycles. The van der Waals surface area contributed by atoms with E-state index in [1.807, 2.05) is 78.9 Å². The van der Waals surface area contributed by atoms with Gasteiger partial charge in [-0.25, -0.2) is 4.79 Å². The van der Waals surface area contributed by atoms with Crippen molar-refractivity contribution in [1.29, 1.82) is 0 Å². The first-order chi connectivity index (χ1) is 22.7.